The van der Waals surface area contributed by atoms with Crippen molar-refractivity contribution in [2.45, 2.75) is 19.6 Å². The zero-order valence-corrected chi connectivity index (χ0v) is 12.0. The van der Waals surface area contributed by atoms with Gasteiger partial charge in [0.25, 0.3) is 5.56 Å². The molecule has 23 heavy (non-hydrogen) atoms. The molecule has 0 unspecified atom stereocenters. The van der Waals surface area contributed by atoms with Crippen LogP contribution in [-0.2, 0) is 12.7 Å². The van der Waals surface area contributed by atoms with Gasteiger partial charge >= 0.3 is 12.2 Å². The molecule has 6 nitrogen and oxygen atoms in total. The van der Waals surface area contributed by atoms with E-state index in [2.05, 4.69) is 15.6 Å². The van der Waals surface area contributed by atoms with Gasteiger partial charge in [0, 0.05) is 24.6 Å². The molecule has 2 amide bonds. The normalized spacial score (nSPS) is 11.1. The van der Waals surface area contributed by atoms with Crippen LogP contribution in [0.2, 0.25) is 0 Å². The summed E-state index contributed by atoms with van der Waals surface area (Å²) in [5.41, 5.74) is -0.850. The van der Waals surface area contributed by atoms with Crippen molar-refractivity contribution in [2.24, 2.45) is 0 Å². The second-order valence-corrected chi connectivity index (χ2v) is 4.74. The van der Waals surface area contributed by atoms with E-state index in [1.54, 1.807) is 18.3 Å². The fraction of sp³-hybridized carbons (Fsp3) is 0.214. The number of rotatable bonds is 3. The summed E-state index contributed by atoms with van der Waals surface area (Å²) in [4.78, 5) is 29.1. The summed E-state index contributed by atoms with van der Waals surface area (Å²) in [5.74, 6) is 0. The number of halogens is 3. The molecule has 0 aliphatic rings. The van der Waals surface area contributed by atoms with Gasteiger partial charge in [-0.05, 0) is 24.6 Å². The molecule has 0 saturated heterocycles. The molecule has 0 aliphatic heterocycles. The molecule has 0 aromatic carbocycles. The van der Waals surface area contributed by atoms with Crippen molar-refractivity contribution in [2.75, 3.05) is 5.32 Å². The van der Waals surface area contributed by atoms with Crippen molar-refractivity contribution in [3.05, 3.63) is 57.8 Å². The van der Waals surface area contributed by atoms with Crippen LogP contribution in [0, 0.1) is 6.92 Å². The van der Waals surface area contributed by atoms with Gasteiger partial charge in [0.05, 0.1) is 5.56 Å². The maximum atomic E-state index is 12.6. The van der Waals surface area contributed by atoms with Gasteiger partial charge in [-0.3, -0.25) is 9.78 Å². The number of anilines is 1. The standard InChI is InChI=1S/C14H13F3N4O2/c1-8-2-3-9(5-18-8)6-20-13(23)21-11-4-10(14(15,16)17)7-19-12(11)22/h2-5,7H,6H2,1H3,(H,19,22)(H2,20,21,23). The number of H-pyrrole nitrogens is 1. The number of nitrogens with zero attached hydrogens (tertiary/aromatic N) is 1. The van der Waals surface area contributed by atoms with Crippen molar-refractivity contribution in [3.63, 3.8) is 0 Å². The number of aryl methyl sites for hydroxylation is 1. The van der Waals surface area contributed by atoms with E-state index in [0.29, 0.717) is 17.8 Å². The van der Waals surface area contributed by atoms with Crippen molar-refractivity contribution in [1.29, 1.82) is 0 Å². The number of aromatic nitrogens is 2. The average molecular weight is 326 g/mol. The number of hydrogen-bond acceptors (Lipinski definition) is 3. The predicted molar refractivity (Wildman–Crippen MR) is 76.9 cm³/mol. The van der Waals surface area contributed by atoms with Crippen LogP contribution < -0.4 is 16.2 Å². The SMILES string of the molecule is Cc1ccc(CNC(=O)Nc2cc(C(F)(F)F)c[nH]c2=O)cn1. The lowest BCUT2D eigenvalue weighted by Gasteiger charge is -2.10. The number of hydrogen-bond donors (Lipinski definition) is 3. The molecular formula is C14H13F3N4O2. The Hall–Kier alpha value is -2.84. The minimum atomic E-state index is -4.62. The largest absolute Gasteiger partial charge is 0.417 e. The van der Waals surface area contributed by atoms with Crippen LogP contribution in [0.1, 0.15) is 16.8 Å². The molecule has 0 spiro atoms. The predicted octanol–water partition coefficient (Wildman–Crippen LogP) is 2.42. The summed E-state index contributed by atoms with van der Waals surface area (Å²) in [6, 6.07) is 3.29. The Kier molecular flexibility index (Phi) is 4.68. The van der Waals surface area contributed by atoms with Crippen LogP contribution in [0.4, 0.5) is 23.7 Å². The number of urea groups is 1. The highest BCUT2D eigenvalue weighted by Gasteiger charge is 2.31. The molecular weight excluding hydrogens is 313 g/mol. The Morgan fingerprint density at radius 2 is 2.09 bits per heavy atom. The lowest BCUT2D eigenvalue weighted by molar-refractivity contribution is -0.137. The van der Waals surface area contributed by atoms with Crippen LogP contribution in [-0.4, -0.2) is 16.0 Å². The van der Waals surface area contributed by atoms with Gasteiger partial charge < -0.3 is 15.6 Å². The molecule has 0 atom stereocenters. The number of amides is 2. The molecule has 2 aromatic heterocycles. The molecule has 2 heterocycles. The first-order chi connectivity index (χ1) is 10.8. The molecule has 0 saturated carbocycles. The molecule has 0 radical (unpaired) electrons. The van der Waals surface area contributed by atoms with E-state index in [1.165, 1.54) is 0 Å². The molecule has 0 fully saturated rings. The number of alkyl halides is 3. The number of nitrogens with one attached hydrogen (secondary N) is 3. The molecule has 122 valence electrons. The van der Waals surface area contributed by atoms with E-state index in [0.717, 1.165) is 5.69 Å². The van der Waals surface area contributed by atoms with Crippen LogP contribution in [0.15, 0.2) is 35.4 Å². The van der Waals surface area contributed by atoms with Crippen molar-refractivity contribution in [1.82, 2.24) is 15.3 Å². The van der Waals surface area contributed by atoms with Gasteiger partial charge in [-0.1, -0.05) is 6.07 Å². The Morgan fingerprint density at radius 3 is 2.70 bits per heavy atom. The van der Waals surface area contributed by atoms with Crippen molar-refractivity contribution in [3.8, 4) is 0 Å². The molecule has 2 aromatic rings. The summed E-state index contributed by atoms with van der Waals surface area (Å²) in [7, 11) is 0. The number of carbonyl (C=O) groups is 1. The fourth-order valence-corrected chi connectivity index (χ4v) is 1.69. The number of aromatic amines is 1. The molecule has 0 bridgehead atoms. The third-order valence-corrected chi connectivity index (χ3v) is 2.90. The van der Waals surface area contributed by atoms with Gasteiger partial charge in [-0.2, -0.15) is 13.2 Å². The first kappa shape index (κ1) is 16.5. The number of pyridine rings is 2. The van der Waals surface area contributed by atoms with E-state index in [-0.39, 0.29) is 6.54 Å². The second-order valence-electron chi connectivity index (χ2n) is 4.74. The third-order valence-electron chi connectivity index (χ3n) is 2.90. The van der Waals surface area contributed by atoms with E-state index in [9.17, 15) is 22.8 Å². The topological polar surface area (TPSA) is 86.9 Å². The molecule has 3 N–H and O–H groups in total. The lowest BCUT2D eigenvalue weighted by Crippen LogP contribution is -2.31. The minimum Gasteiger partial charge on any atom is -0.334 e. The lowest BCUT2D eigenvalue weighted by atomic mass is 10.2. The highest BCUT2D eigenvalue weighted by atomic mass is 19.4. The average Bonchev–Trinajstić information content (AvgIpc) is 2.48. The molecule has 9 heteroatoms. The summed E-state index contributed by atoms with van der Waals surface area (Å²) in [5, 5.41) is 4.52. The molecule has 0 aliphatic carbocycles. The Balaban J connectivity index is 2.02. The fourth-order valence-electron chi connectivity index (χ4n) is 1.69. The van der Waals surface area contributed by atoms with Crippen LogP contribution in [0.25, 0.3) is 0 Å². The van der Waals surface area contributed by atoms with Crippen LogP contribution in [0.5, 0.6) is 0 Å². The minimum absolute atomic E-state index is 0.121. The monoisotopic (exact) mass is 326 g/mol. The Labute approximate surface area is 128 Å². The zero-order valence-electron chi connectivity index (χ0n) is 12.0. The van der Waals surface area contributed by atoms with Crippen LogP contribution in [0.3, 0.4) is 0 Å². The van der Waals surface area contributed by atoms with E-state index in [4.69, 9.17) is 0 Å². The first-order valence-corrected chi connectivity index (χ1v) is 6.52. The van der Waals surface area contributed by atoms with Crippen molar-refractivity contribution >= 4 is 11.7 Å². The maximum absolute atomic E-state index is 12.6. The Morgan fingerprint density at radius 1 is 1.35 bits per heavy atom. The highest BCUT2D eigenvalue weighted by Crippen LogP contribution is 2.29. The highest BCUT2D eigenvalue weighted by molar-refractivity contribution is 5.89. The summed E-state index contributed by atoms with van der Waals surface area (Å²) in [6.45, 7) is 1.93. The van der Waals surface area contributed by atoms with Gasteiger partial charge in [0.15, 0.2) is 0 Å². The summed E-state index contributed by atoms with van der Waals surface area (Å²) < 4.78 is 37.7. The van der Waals surface area contributed by atoms with Gasteiger partial charge in [-0.25, -0.2) is 4.79 Å². The number of carbonyl (C=O) groups excluding carboxylic acids is 1. The summed E-state index contributed by atoms with van der Waals surface area (Å²) in [6.07, 6.45) is -2.51. The molecule has 2 rings (SSSR count). The summed E-state index contributed by atoms with van der Waals surface area (Å²) >= 11 is 0. The van der Waals surface area contributed by atoms with E-state index in [1.807, 2.05) is 11.9 Å². The quantitative estimate of drug-likeness (QED) is 0.809. The third kappa shape index (κ3) is 4.56. The first-order valence-electron chi connectivity index (χ1n) is 6.52. The maximum Gasteiger partial charge on any atom is 0.417 e. The van der Waals surface area contributed by atoms with Crippen molar-refractivity contribution < 1.29 is 18.0 Å². The zero-order chi connectivity index (χ0) is 17.0. The second kappa shape index (κ2) is 6.51. The van der Waals surface area contributed by atoms with E-state index < -0.39 is 29.0 Å². The Bertz CT molecular complexity index is 754. The van der Waals surface area contributed by atoms with Gasteiger partial charge in [0.2, 0.25) is 0 Å². The van der Waals surface area contributed by atoms with Crippen LogP contribution >= 0.6 is 0 Å². The smallest absolute Gasteiger partial charge is 0.334 e. The van der Waals surface area contributed by atoms with Gasteiger partial charge in [-0.15, -0.1) is 0 Å². The van der Waals surface area contributed by atoms with Gasteiger partial charge in [0.1, 0.15) is 5.69 Å². The van der Waals surface area contributed by atoms with E-state index >= 15 is 0 Å².